The minimum atomic E-state index is 0.0407. The smallest absolute Gasteiger partial charge is 0.254 e. The number of rotatable bonds is 6. The molecule has 4 heteroatoms. The highest BCUT2D eigenvalue weighted by molar-refractivity contribution is 5.95. The van der Waals surface area contributed by atoms with Gasteiger partial charge in [-0.1, -0.05) is 60.7 Å². The van der Waals surface area contributed by atoms with E-state index in [1.165, 1.54) is 11.1 Å². The minimum absolute atomic E-state index is 0.0407. The summed E-state index contributed by atoms with van der Waals surface area (Å²) in [5.74, 6) is 1.61. The molecule has 0 fully saturated rings. The van der Waals surface area contributed by atoms with Gasteiger partial charge in [-0.05, 0) is 54.1 Å². The zero-order chi connectivity index (χ0) is 22.6. The summed E-state index contributed by atoms with van der Waals surface area (Å²) in [6, 6.07) is 28.2. The van der Waals surface area contributed by atoms with Gasteiger partial charge in [0.15, 0.2) is 0 Å². The predicted octanol–water partition coefficient (Wildman–Crippen LogP) is 6.02. The molecule has 5 rings (SSSR count). The van der Waals surface area contributed by atoms with Crippen LogP contribution in [-0.4, -0.2) is 24.0 Å². The van der Waals surface area contributed by atoms with Crippen LogP contribution in [0.4, 0.5) is 0 Å². The molecule has 1 aliphatic rings. The summed E-state index contributed by atoms with van der Waals surface area (Å²) < 4.78 is 12.0. The van der Waals surface area contributed by atoms with Crippen LogP contribution in [0.5, 0.6) is 11.5 Å². The Morgan fingerprint density at radius 3 is 2.52 bits per heavy atom. The first-order valence-electron chi connectivity index (χ1n) is 11.5. The third-order valence-electron chi connectivity index (χ3n) is 6.16. The van der Waals surface area contributed by atoms with E-state index < -0.39 is 0 Å². The molecule has 1 amide bonds. The van der Waals surface area contributed by atoms with Crippen molar-refractivity contribution in [2.45, 2.75) is 26.5 Å². The van der Waals surface area contributed by atoms with E-state index in [1.807, 2.05) is 60.4 Å². The van der Waals surface area contributed by atoms with Crippen molar-refractivity contribution in [1.29, 1.82) is 0 Å². The molecule has 166 valence electrons. The second kappa shape index (κ2) is 9.37. The number of carbonyl (C=O) groups excluding carboxylic acids is 1. The van der Waals surface area contributed by atoms with E-state index in [-0.39, 0.29) is 5.91 Å². The van der Waals surface area contributed by atoms with E-state index >= 15 is 0 Å². The van der Waals surface area contributed by atoms with Gasteiger partial charge in [0.1, 0.15) is 18.1 Å². The first-order chi connectivity index (χ1) is 16.2. The van der Waals surface area contributed by atoms with Crippen molar-refractivity contribution in [1.82, 2.24) is 4.90 Å². The van der Waals surface area contributed by atoms with E-state index in [9.17, 15) is 4.79 Å². The average Bonchev–Trinajstić information content (AvgIpc) is 2.87. The average molecular weight is 438 g/mol. The van der Waals surface area contributed by atoms with Crippen LogP contribution in [0, 0.1) is 0 Å². The van der Waals surface area contributed by atoms with Gasteiger partial charge < -0.3 is 14.4 Å². The maximum Gasteiger partial charge on any atom is 0.254 e. The summed E-state index contributed by atoms with van der Waals surface area (Å²) in [6.07, 6.45) is 0.885. The molecule has 0 unspecified atom stereocenters. The molecule has 4 aromatic carbocycles. The van der Waals surface area contributed by atoms with Crippen molar-refractivity contribution in [2.75, 3.05) is 13.2 Å². The molecule has 33 heavy (non-hydrogen) atoms. The Hall–Kier alpha value is -3.79. The molecule has 0 aromatic heterocycles. The van der Waals surface area contributed by atoms with E-state index in [0.717, 1.165) is 40.8 Å². The maximum absolute atomic E-state index is 13.3. The Labute approximate surface area is 194 Å². The van der Waals surface area contributed by atoms with Crippen LogP contribution in [0.25, 0.3) is 10.8 Å². The summed E-state index contributed by atoms with van der Waals surface area (Å²) in [5.41, 5.74) is 4.09. The first-order valence-corrected chi connectivity index (χ1v) is 11.5. The van der Waals surface area contributed by atoms with Crippen LogP contribution in [0.1, 0.15) is 34.0 Å². The van der Waals surface area contributed by atoms with Crippen molar-refractivity contribution >= 4 is 16.7 Å². The SMILES string of the molecule is CCOc1ccc(C(=O)N2CCc3ccccc3C2)cc1COc1cccc2ccccc12. The second-order valence-electron chi connectivity index (χ2n) is 8.27. The van der Waals surface area contributed by atoms with E-state index in [4.69, 9.17) is 9.47 Å². The highest BCUT2D eigenvalue weighted by atomic mass is 16.5. The van der Waals surface area contributed by atoms with Crippen molar-refractivity contribution in [3.63, 3.8) is 0 Å². The number of nitrogens with zero attached hydrogens (tertiary/aromatic N) is 1. The predicted molar refractivity (Wildman–Crippen MR) is 131 cm³/mol. The molecule has 0 saturated heterocycles. The molecule has 1 heterocycles. The van der Waals surface area contributed by atoms with Crippen LogP contribution < -0.4 is 9.47 Å². The summed E-state index contributed by atoms with van der Waals surface area (Å²) in [7, 11) is 0. The van der Waals surface area contributed by atoms with Crippen LogP contribution in [0.3, 0.4) is 0 Å². The number of hydrogen-bond donors (Lipinski definition) is 0. The standard InChI is InChI=1S/C29H27NO3/c1-2-32-27-15-14-23(29(31)30-17-16-21-8-3-4-10-24(21)19-30)18-25(27)20-33-28-13-7-11-22-9-5-6-12-26(22)28/h3-15,18H,2,16-17,19-20H2,1H3. The van der Waals surface area contributed by atoms with Gasteiger partial charge in [0, 0.05) is 29.6 Å². The molecule has 4 aromatic rings. The van der Waals surface area contributed by atoms with Gasteiger partial charge in [-0.3, -0.25) is 4.79 Å². The minimum Gasteiger partial charge on any atom is -0.493 e. The quantitative estimate of drug-likeness (QED) is 0.370. The molecule has 0 spiro atoms. The molecule has 4 nitrogen and oxygen atoms in total. The lowest BCUT2D eigenvalue weighted by atomic mass is 9.99. The van der Waals surface area contributed by atoms with Crippen LogP contribution in [0.2, 0.25) is 0 Å². The number of carbonyl (C=O) groups is 1. The second-order valence-corrected chi connectivity index (χ2v) is 8.27. The van der Waals surface area contributed by atoms with E-state index in [2.05, 4.69) is 36.4 Å². The molecule has 0 saturated carbocycles. The molecule has 0 bridgehead atoms. The molecule has 0 radical (unpaired) electrons. The fourth-order valence-electron chi connectivity index (χ4n) is 4.45. The number of ether oxygens (including phenoxy) is 2. The molecule has 0 aliphatic carbocycles. The lowest BCUT2D eigenvalue weighted by molar-refractivity contribution is 0.0734. The number of fused-ring (bicyclic) bond motifs is 2. The van der Waals surface area contributed by atoms with E-state index in [1.54, 1.807) is 0 Å². The Morgan fingerprint density at radius 2 is 1.64 bits per heavy atom. The highest BCUT2D eigenvalue weighted by Crippen LogP contribution is 2.29. The Balaban J connectivity index is 1.39. The van der Waals surface area contributed by atoms with Crippen LogP contribution >= 0.6 is 0 Å². The largest absolute Gasteiger partial charge is 0.493 e. The fraction of sp³-hybridized carbons (Fsp3) is 0.207. The first kappa shape index (κ1) is 21.1. The lowest BCUT2D eigenvalue weighted by Crippen LogP contribution is -2.36. The van der Waals surface area contributed by atoms with Crippen molar-refractivity contribution < 1.29 is 14.3 Å². The zero-order valence-electron chi connectivity index (χ0n) is 18.8. The van der Waals surface area contributed by atoms with Crippen molar-refractivity contribution in [2.24, 2.45) is 0 Å². The number of amides is 1. The van der Waals surface area contributed by atoms with Crippen molar-refractivity contribution in [3.8, 4) is 11.5 Å². The summed E-state index contributed by atoms with van der Waals surface area (Å²) in [5, 5.41) is 2.20. The molecule has 0 N–H and O–H groups in total. The Bertz CT molecular complexity index is 1290. The molecular weight excluding hydrogens is 410 g/mol. The normalized spacial score (nSPS) is 12.9. The zero-order valence-corrected chi connectivity index (χ0v) is 18.8. The maximum atomic E-state index is 13.3. The van der Waals surface area contributed by atoms with E-state index in [0.29, 0.717) is 25.3 Å². The number of benzene rings is 4. The Kier molecular flexibility index (Phi) is 5.99. The number of hydrogen-bond acceptors (Lipinski definition) is 3. The lowest BCUT2D eigenvalue weighted by Gasteiger charge is -2.29. The Morgan fingerprint density at radius 1 is 0.848 bits per heavy atom. The molecular formula is C29H27NO3. The van der Waals surface area contributed by atoms with Gasteiger partial charge >= 0.3 is 0 Å². The summed E-state index contributed by atoms with van der Waals surface area (Å²) in [6.45, 7) is 4.21. The van der Waals surface area contributed by atoms with Gasteiger partial charge in [0.2, 0.25) is 0 Å². The summed E-state index contributed by atoms with van der Waals surface area (Å²) >= 11 is 0. The topological polar surface area (TPSA) is 38.8 Å². The van der Waals surface area contributed by atoms with Gasteiger partial charge in [-0.2, -0.15) is 0 Å². The fourth-order valence-corrected chi connectivity index (χ4v) is 4.45. The van der Waals surface area contributed by atoms with Crippen LogP contribution in [-0.2, 0) is 19.6 Å². The summed E-state index contributed by atoms with van der Waals surface area (Å²) in [4.78, 5) is 15.2. The van der Waals surface area contributed by atoms with Gasteiger partial charge in [-0.15, -0.1) is 0 Å². The molecule has 0 atom stereocenters. The van der Waals surface area contributed by atoms with Gasteiger partial charge in [0.05, 0.1) is 6.61 Å². The van der Waals surface area contributed by atoms with Gasteiger partial charge in [-0.25, -0.2) is 0 Å². The molecule has 1 aliphatic heterocycles. The monoisotopic (exact) mass is 437 g/mol. The third kappa shape index (κ3) is 4.42. The third-order valence-corrected chi connectivity index (χ3v) is 6.16. The highest BCUT2D eigenvalue weighted by Gasteiger charge is 2.22. The van der Waals surface area contributed by atoms with Gasteiger partial charge in [0.25, 0.3) is 5.91 Å². The van der Waals surface area contributed by atoms with Crippen molar-refractivity contribution in [3.05, 3.63) is 107 Å². The van der Waals surface area contributed by atoms with Crippen LogP contribution in [0.15, 0.2) is 84.9 Å².